The van der Waals surface area contributed by atoms with Crippen LogP contribution in [-0.2, 0) is 9.47 Å². The number of anilines is 1. The van der Waals surface area contributed by atoms with E-state index in [9.17, 15) is 4.79 Å². The summed E-state index contributed by atoms with van der Waals surface area (Å²) in [5.74, 6) is -0.129. The van der Waals surface area contributed by atoms with E-state index in [2.05, 4.69) is 21.9 Å². The highest BCUT2D eigenvalue weighted by Crippen LogP contribution is 2.47. The first-order valence-electron chi connectivity index (χ1n) is 9.32. The smallest absolute Gasteiger partial charge is 0.338 e. The number of benzene rings is 1. The van der Waals surface area contributed by atoms with Crippen LogP contribution in [0.2, 0.25) is 0 Å². The summed E-state index contributed by atoms with van der Waals surface area (Å²) in [5, 5.41) is 0. The van der Waals surface area contributed by atoms with Crippen molar-refractivity contribution in [1.29, 1.82) is 0 Å². The molecule has 3 heterocycles. The van der Waals surface area contributed by atoms with Crippen molar-refractivity contribution in [2.24, 2.45) is 5.92 Å². The van der Waals surface area contributed by atoms with Crippen LogP contribution in [0.4, 0.5) is 5.82 Å². The van der Waals surface area contributed by atoms with Crippen molar-refractivity contribution < 1.29 is 14.3 Å². The number of hydrogen-bond donors (Lipinski definition) is 1. The summed E-state index contributed by atoms with van der Waals surface area (Å²) in [6.07, 6.45) is 3.13. The molecule has 0 bridgehead atoms. The molecule has 3 aromatic rings. The number of rotatable bonds is 4. The van der Waals surface area contributed by atoms with Crippen LogP contribution in [0.5, 0.6) is 0 Å². The average molecular weight is 381 g/mol. The van der Waals surface area contributed by atoms with Gasteiger partial charge in [-0.2, -0.15) is 0 Å². The van der Waals surface area contributed by atoms with Gasteiger partial charge in [0.05, 0.1) is 18.0 Å². The van der Waals surface area contributed by atoms with Gasteiger partial charge in [0.25, 0.3) is 0 Å². The zero-order chi connectivity index (χ0) is 19.9. The number of carbonyl (C=O) groups is 1. The molecule has 146 valence electrons. The Balaban J connectivity index is 1.75. The molecule has 4 atom stereocenters. The van der Waals surface area contributed by atoms with Gasteiger partial charge in [0.15, 0.2) is 23.3 Å². The van der Waals surface area contributed by atoms with Crippen molar-refractivity contribution in [2.75, 3.05) is 5.73 Å². The van der Waals surface area contributed by atoms with Crippen LogP contribution >= 0.6 is 0 Å². The van der Waals surface area contributed by atoms with Crippen LogP contribution in [0, 0.1) is 5.92 Å². The summed E-state index contributed by atoms with van der Waals surface area (Å²) < 4.78 is 14.1. The third-order valence-electron chi connectivity index (χ3n) is 5.62. The maximum Gasteiger partial charge on any atom is 0.338 e. The van der Waals surface area contributed by atoms with Crippen LogP contribution in [-0.4, -0.2) is 37.2 Å². The summed E-state index contributed by atoms with van der Waals surface area (Å²) in [5.41, 5.74) is 6.54. The van der Waals surface area contributed by atoms with Crippen LogP contribution < -0.4 is 5.73 Å². The SMILES string of the molecule is CC[C@H]1O[C@@H](n2cnc3c(N)ncnc32)[C@](C)(OC(=O)c2ccccc2)[C@@H]1C. The molecule has 1 aliphatic rings. The van der Waals surface area contributed by atoms with Gasteiger partial charge in [-0.25, -0.2) is 19.7 Å². The number of fused-ring (bicyclic) bond motifs is 1. The fourth-order valence-corrected chi connectivity index (χ4v) is 3.82. The van der Waals surface area contributed by atoms with Gasteiger partial charge in [-0.3, -0.25) is 4.57 Å². The molecule has 0 aliphatic carbocycles. The molecule has 28 heavy (non-hydrogen) atoms. The Morgan fingerprint density at radius 3 is 2.75 bits per heavy atom. The topological polar surface area (TPSA) is 105 Å². The summed E-state index contributed by atoms with van der Waals surface area (Å²) in [6, 6.07) is 8.95. The molecule has 8 nitrogen and oxygen atoms in total. The number of nitrogens with zero attached hydrogens (tertiary/aromatic N) is 4. The molecule has 2 aromatic heterocycles. The highest BCUT2D eigenvalue weighted by Gasteiger charge is 2.55. The second-order valence-corrected chi connectivity index (χ2v) is 7.25. The van der Waals surface area contributed by atoms with Gasteiger partial charge in [0, 0.05) is 5.92 Å². The van der Waals surface area contributed by atoms with Gasteiger partial charge >= 0.3 is 5.97 Å². The van der Waals surface area contributed by atoms with Crippen LogP contribution in [0.1, 0.15) is 43.8 Å². The first kappa shape index (κ1) is 18.4. The summed E-state index contributed by atoms with van der Waals surface area (Å²) >= 11 is 0. The minimum Gasteiger partial charge on any atom is -0.451 e. The number of hydrogen-bond acceptors (Lipinski definition) is 7. The van der Waals surface area contributed by atoms with Gasteiger partial charge in [0.2, 0.25) is 0 Å². The number of imidazole rings is 1. The van der Waals surface area contributed by atoms with E-state index in [1.807, 2.05) is 32.0 Å². The predicted octanol–water partition coefficient (Wildman–Crippen LogP) is 2.97. The van der Waals surface area contributed by atoms with Gasteiger partial charge in [-0.15, -0.1) is 0 Å². The zero-order valence-corrected chi connectivity index (χ0v) is 16.1. The number of ether oxygens (including phenoxy) is 2. The Hall–Kier alpha value is -3.00. The molecule has 0 saturated carbocycles. The number of esters is 1. The Bertz CT molecular complexity index is 1010. The summed E-state index contributed by atoms with van der Waals surface area (Å²) in [4.78, 5) is 25.5. The van der Waals surface area contributed by atoms with Crippen molar-refractivity contribution in [3.8, 4) is 0 Å². The van der Waals surface area contributed by atoms with Crippen molar-refractivity contribution >= 4 is 23.0 Å². The van der Waals surface area contributed by atoms with E-state index in [0.717, 1.165) is 6.42 Å². The molecule has 1 aromatic carbocycles. The first-order chi connectivity index (χ1) is 13.5. The van der Waals surface area contributed by atoms with E-state index in [4.69, 9.17) is 15.2 Å². The summed E-state index contributed by atoms with van der Waals surface area (Å²) in [6.45, 7) is 5.99. The Kier molecular flexibility index (Phi) is 4.50. The lowest BCUT2D eigenvalue weighted by Gasteiger charge is -2.33. The Labute approximate surface area is 162 Å². The van der Waals surface area contributed by atoms with E-state index >= 15 is 0 Å². The van der Waals surface area contributed by atoms with E-state index in [1.165, 1.54) is 6.33 Å². The number of aromatic nitrogens is 4. The third kappa shape index (κ3) is 2.80. The van der Waals surface area contributed by atoms with Gasteiger partial charge in [-0.05, 0) is 25.5 Å². The highest BCUT2D eigenvalue weighted by molar-refractivity contribution is 5.89. The molecule has 0 amide bonds. The van der Waals surface area contributed by atoms with E-state index in [-0.39, 0.29) is 18.0 Å². The van der Waals surface area contributed by atoms with Crippen molar-refractivity contribution in [3.63, 3.8) is 0 Å². The number of nitrogen functional groups attached to an aromatic ring is 1. The van der Waals surface area contributed by atoms with Gasteiger partial charge in [-0.1, -0.05) is 32.0 Å². The molecule has 8 heteroatoms. The average Bonchev–Trinajstić information content (AvgIpc) is 3.23. The van der Waals surface area contributed by atoms with Crippen LogP contribution in [0.3, 0.4) is 0 Å². The maximum absolute atomic E-state index is 12.8. The number of nitrogens with two attached hydrogens (primary N) is 1. The fourth-order valence-electron chi connectivity index (χ4n) is 3.82. The molecule has 1 aliphatic heterocycles. The zero-order valence-electron chi connectivity index (χ0n) is 16.1. The molecule has 0 radical (unpaired) electrons. The molecular formula is C20H23N5O3. The lowest BCUT2D eigenvalue weighted by molar-refractivity contribution is -0.0947. The lowest BCUT2D eigenvalue weighted by atomic mass is 9.86. The van der Waals surface area contributed by atoms with Crippen molar-refractivity contribution in [2.45, 2.75) is 45.1 Å². The van der Waals surface area contributed by atoms with E-state index < -0.39 is 11.8 Å². The number of carbonyl (C=O) groups excluding carboxylic acids is 1. The van der Waals surface area contributed by atoms with E-state index in [1.54, 1.807) is 23.0 Å². The van der Waals surface area contributed by atoms with Gasteiger partial charge < -0.3 is 15.2 Å². The van der Waals surface area contributed by atoms with Crippen LogP contribution in [0.15, 0.2) is 43.0 Å². The third-order valence-corrected chi connectivity index (χ3v) is 5.62. The minimum atomic E-state index is -0.916. The Morgan fingerprint density at radius 1 is 1.29 bits per heavy atom. The Morgan fingerprint density at radius 2 is 2.04 bits per heavy atom. The second kappa shape index (κ2) is 6.87. The first-order valence-corrected chi connectivity index (χ1v) is 9.32. The molecule has 1 saturated heterocycles. The monoisotopic (exact) mass is 381 g/mol. The predicted molar refractivity (Wildman–Crippen MR) is 103 cm³/mol. The highest BCUT2D eigenvalue weighted by atomic mass is 16.6. The second-order valence-electron chi connectivity index (χ2n) is 7.25. The molecule has 0 unspecified atom stereocenters. The van der Waals surface area contributed by atoms with Gasteiger partial charge in [0.1, 0.15) is 11.8 Å². The molecular weight excluding hydrogens is 358 g/mol. The van der Waals surface area contributed by atoms with E-state index in [0.29, 0.717) is 22.5 Å². The quantitative estimate of drug-likeness (QED) is 0.693. The molecule has 1 fully saturated rings. The largest absolute Gasteiger partial charge is 0.451 e. The fraction of sp³-hybridized carbons (Fsp3) is 0.400. The molecule has 2 N–H and O–H groups in total. The van der Waals surface area contributed by atoms with Crippen molar-refractivity contribution in [1.82, 2.24) is 19.5 Å². The van der Waals surface area contributed by atoms with Crippen molar-refractivity contribution in [3.05, 3.63) is 48.5 Å². The standard InChI is InChI=1S/C20H23N5O3/c1-4-14-12(2)20(3,28-18(26)13-8-6-5-7-9-13)19(27-14)25-11-24-15-16(21)22-10-23-17(15)25/h5-12,14,19H,4H2,1-3H3,(H2,21,22,23)/t12-,14-,19-,20-/m1/s1. The molecule has 4 rings (SSSR count). The maximum atomic E-state index is 12.8. The minimum absolute atomic E-state index is 0.0354. The normalized spacial score (nSPS) is 27.2. The molecule has 0 spiro atoms. The van der Waals surface area contributed by atoms with Crippen LogP contribution in [0.25, 0.3) is 11.2 Å². The summed E-state index contributed by atoms with van der Waals surface area (Å²) in [7, 11) is 0. The lowest BCUT2D eigenvalue weighted by Crippen LogP contribution is -2.43.